The van der Waals surface area contributed by atoms with Crippen molar-refractivity contribution < 1.29 is 4.74 Å². The zero-order chi connectivity index (χ0) is 13.2. The lowest BCUT2D eigenvalue weighted by Crippen LogP contribution is -2.17. The van der Waals surface area contributed by atoms with E-state index >= 15 is 0 Å². The van der Waals surface area contributed by atoms with Crippen LogP contribution in [0.2, 0.25) is 0 Å². The van der Waals surface area contributed by atoms with Gasteiger partial charge < -0.3 is 10.1 Å². The van der Waals surface area contributed by atoms with Gasteiger partial charge in [0.25, 0.3) is 0 Å². The van der Waals surface area contributed by atoms with Crippen LogP contribution in [0.5, 0.6) is 5.75 Å². The molecule has 0 aliphatic heterocycles. The number of nitrogens with zero attached hydrogens (tertiary/aromatic N) is 1. The molecule has 0 bridgehead atoms. The van der Waals surface area contributed by atoms with Crippen LogP contribution in [-0.4, -0.2) is 19.1 Å². The van der Waals surface area contributed by atoms with Gasteiger partial charge in [0, 0.05) is 4.88 Å². The van der Waals surface area contributed by atoms with Gasteiger partial charge in [-0.1, -0.05) is 12.1 Å². The van der Waals surface area contributed by atoms with Crippen molar-refractivity contribution in [2.45, 2.75) is 25.3 Å². The smallest absolute Gasteiger partial charge is 0.119 e. The molecular formula is C15H18N2OS. The molecule has 3 nitrogen and oxygen atoms in total. The number of hydrogen-bond acceptors (Lipinski definition) is 4. The summed E-state index contributed by atoms with van der Waals surface area (Å²) in [6.07, 6.45) is 3.60. The molecule has 2 aromatic rings. The van der Waals surface area contributed by atoms with Crippen LogP contribution in [-0.2, 0) is 12.8 Å². The first-order valence-corrected chi connectivity index (χ1v) is 7.43. The second-order valence-corrected chi connectivity index (χ2v) is 5.89. The van der Waals surface area contributed by atoms with Gasteiger partial charge in [-0.15, -0.1) is 11.3 Å². The van der Waals surface area contributed by atoms with Crippen LogP contribution in [0.3, 0.4) is 0 Å². The molecule has 0 saturated heterocycles. The number of hydrogen-bond donors (Lipinski definition) is 1. The van der Waals surface area contributed by atoms with Gasteiger partial charge in [-0.25, -0.2) is 4.98 Å². The third-order valence-electron chi connectivity index (χ3n) is 3.57. The van der Waals surface area contributed by atoms with E-state index in [1.54, 1.807) is 7.11 Å². The van der Waals surface area contributed by atoms with E-state index in [9.17, 15) is 0 Å². The summed E-state index contributed by atoms with van der Waals surface area (Å²) in [7, 11) is 3.68. The Labute approximate surface area is 117 Å². The van der Waals surface area contributed by atoms with Crippen molar-refractivity contribution in [1.29, 1.82) is 0 Å². The molecule has 1 aromatic heterocycles. The van der Waals surface area contributed by atoms with Crippen LogP contribution in [0.4, 0.5) is 0 Å². The predicted molar refractivity (Wildman–Crippen MR) is 78.0 cm³/mol. The van der Waals surface area contributed by atoms with Crippen molar-refractivity contribution in [3.05, 3.63) is 45.4 Å². The Morgan fingerprint density at radius 1 is 1.37 bits per heavy atom. The fourth-order valence-electron chi connectivity index (χ4n) is 2.59. The molecule has 0 saturated carbocycles. The number of thiazole rings is 1. The predicted octanol–water partition coefficient (Wildman–Crippen LogP) is 2.95. The first-order valence-electron chi connectivity index (χ1n) is 6.61. The van der Waals surface area contributed by atoms with Crippen LogP contribution in [0, 0.1) is 0 Å². The Kier molecular flexibility index (Phi) is 3.53. The molecule has 1 heterocycles. The van der Waals surface area contributed by atoms with Crippen LogP contribution in [0.15, 0.2) is 24.3 Å². The van der Waals surface area contributed by atoms with Crippen molar-refractivity contribution in [1.82, 2.24) is 10.3 Å². The Morgan fingerprint density at radius 3 is 3.00 bits per heavy atom. The van der Waals surface area contributed by atoms with E-state index in [1.165, 1.54) is 34.0 Å². The molecule has 1 aliphatic carbocycles. The highest BCUT2D eigenvalue weighted by Crippen LogP contribution is 2.33. The molecule has 1 unspecified atom stereocenters. The molecule has 4 heteroatoms. The summed E-state index contributed by atoms with van der Waals surface area (Å²) >= 11 is 1.85. The van der Waals surface area contributed by atoms with Crippen molar-refractivity contribution in [3.63, 3.8) is 0 Å². The van der Waals surface area contributed by atoms with E-state index in [0.29, 0.717) is 0 Å². The molecule has 1 N–H and O–H groups in total. The van der Waals surface area contributed by atoms with E-state index in [0.717, 1.165) is 12.2 Å². The fraction of sp³-hybridized carbons (Fsp3) is 0.400. The highest BCUT2D eigenvalue weighted by atomic mass is 32.1. The first kappa shape index (κ1) is 12.6. The molecule has 3 rings (SSSR count). The second-order valence-electron chi connectivity index (χ2n) is 4.77. The Balaban J connectivity index is 1.94. The highest BCUT2D eigenvalue weighted by Gasteiger charge is 2.22. The molecular weight excluding hydrogens is 256 g/mol. The summed E-state index contributed by atoms with van der Waals surface area (Å²) in [5, 5.41) is 4.53. The Morgan fingerprint density at radius 2 is 2.26 bits per heavy atom. The van der Waals surface area contributed by atoms with Crippen LogP contribution >= 0.6 is 11.3 Å². The molecule has 1 aliphatic rings. The number of aromatic nitrogens is 1. The molecule has 0 fully saturated rings. The number of methoxy groups -OCH3 is 1. The molecule has 1 atom stereocenters. The normalized spacial score (nSPS) is 15.3. The maximum atomic E-state index is 5.30. The maximum Gasteiger partial charge on any atom is 0.119 e. The average molecular weight is 274 g/mol. The van der Waals surface area contributed by atoms with E-state index in [-0.39, 0.29) is 6.04 Å². The minimum Gasteiger partial charge on any atom is -0.497 e. The zero-order valence-electron chi connectivity index (χ0n) is 11.3. The SMILES string of the molecule is CNC(c1cccc(OC)c1)c1nc2c(s1)CCC2. The Bertz CT molecular complexity index is 558. The third-order valence-corrected chi connectivity index (χ3v) is 4.80. The van der Waals surface area contributed by atoms with Gasteiger partial charge in [0.15, 0.2) is 0 Å². The Hall–Kier alpha value is -1.39. The van der Waals surface area contributed by atoms with Gasteiger partial charge in [-0.2, -0.15) is 0 Å². The van der Waals surface area contributed by atoms with E-state index < -0.39 is 0 Å². The highest BCUT2D eigenvalue weighted by molar-refractivity contribution is 7.11. The first-order chi connectivity index (χ1) is 9.31. The summed E-state index contributed by atoms with van der Waals surface area (Å²) in [6.45, 7) is 0. The fourth-order valence-corrected chi connectivity index (χ4v) is 3.88. The standard InChI is InChI=1S/C15H18N2OS/c1-16-14(10-5-3-6-11(9-10)18-2)15-17-12-7-4-8-13(12)19-15/h3,5-6,9,14,16H,4,7-8H2,1-2H3. The molecule has 0 amide bonds. The van der Waals surface area contributed by atoms with Crippen LogP contribution in [0.1, 0.15) is 33.6 Å². The van der Waals surface area contributed by atoms with Gasteiger partial charge in [-0.05, 0) is 44.0 Å². The number of nitrogens with one attached hydrogen (secondary N) is 1. The average Bonchev–Trinajstić information content (AvgIpc) is 3.01. The quantitative estimate of drug-likeness (QED) is 0.930. The van der Waals surface area contributed by atoms with Gasteiger partial charge in [0.05, 0.1) is 18.8 Å². The lowest BCUT2D eigenvalue weighted by Gasteiger charge is -2.15. The van der Waals surface area contributed by atoms with Crippen molar-refractivity contribution in [3.8, 4) is 5.75 Å². The molecule has 0 radical (unpaired) electrons. The third kappa shape index (κ3) is 2.38. The van der Waals surface area contributed by atoms with Crippen molar-refractivity contribution in [2.75, 3.05) is 14.2 Å². The molecule has 1 aromatic carbocycles. The van der Waals surface area contributed by atoms with E-state index in [4.69, 9.17) is 9.72 Å². The van der Waals surface area contributed by atoms with Gasteiger partial charge in [0.1, 0.15) is 10.8 Å². The number of fused-ring (bicyclic) bond motifs is 1. The minimum absolute atomic E-state index is 0.158. The summed E-state index contributed by atoms with van der Waals surface area (Å²) in [5.41, 5.74) is 2.51. The number of aryl methyl sites for hydroxylation is 2. The van der Waals surface area contributed by atoms with Crippen molar-refractivity contribution >= 4 is 11.3 Å². The van der Waals surface area contributed by atoms with Gasteiger partial charge in [0.2, 0.25) is 0 Å². The molecule has 0 spiro atoms. The van der Waals surface area contributed by atoms with Crippen molar-refractivity contribution in [2.24, 2.45) is 0 Å². The monoisotopic (exact) mass is 274 g/mol. The molecule has 19 heavy (non-hydrogen) atoms. The van der Waals surface area contributed by atoms with Crippen LogP contribution in [0.25, 0.3) is 0 Å². The summed E-state index contributed by atoms with van der Waals surface area (Å²) in [6, 6.07) is 8.35. The zero-order valence-corrected chi connectivity index (χ0v) is 12.1. The lowest BCUT2D eigenvalue weighted by molar-refractivity contribution is 0.414. The minimum atomic E-state index is 0.158. The number of rotatable bonds is 4. The topological polar surface area (TPSA) is 34.1 Å². The second kappa shape index (κ2) is 5.31. The summed E-state index contributed by atoms with van der Waals surface area (Å²) < 4.78 is 5.30. The maximum absolute atomic E-state index is 5.30. The number of benzene rings is 1. The largest absolute Gasteiger partial charge is 0.497 e. The number of ether oxygens (including phenoxy) is 1. The van der Waals surface area contributed by atoms with Gasteiger partial charge in [-0.3, -0.25) is 0 Å². The lowest BCUT2D eigenvalue weighted by atomic mass is 10.1. The summed E-state index contributed by atoms with van der Waals surface area (Å²) in [4.78, 5) is 6.28. The van der Waals surface area contributed by atoms with E-state index in [2.05, 4.69) is 17.4 Å². The van der Waals surface area contributed by atoms with E-state index in [1.807, 2.05) is 30.5 Å². The van der Waals surface area contributed by atoms with Gasteiger partial charge >= 0.3 is 0 Å². The van der Waals surface area contributed by atoms with Crippen LogP contribution < -0.4 is 10.1 Å². The molecule has 100 valence electrons. The summed E-state index contributed by atoms with van der Waals surface area (Å²) in [5.74, 6) is 0.891.